The van der Waals surface area contributed by atoms with Crippen LogP contribution >= 0.6 is 0 Å². The minimum atomic E-state index is -0.634. The average molecular weight is 248 g/mol. The van der Waals surface area contributed by atoms with Crippen molar-refractivity contribution in [3.8, 4) is 0 Å². The highest BCUT2D eigenvalue weighted by Crippen LogP contribution is 2.05. The number of ether oxygens (including phenoxy) is 2. The first-order chi connectivity index (χ1) is 7.85. The van der Waals surface area contributed by atoms with Gasteiger partial charge in [-0.05, 0) is 20.8 Å². The molecule has 0 saturated heterocycles. The summed E-state index contributed by atoms with van der Waals surface area (Å²) in [5.74, 6) is 0. The molecule has 0 atom stereocenters. The molecule has 17 heavy (non-hydrogen) atoms. The highest BCUT2D eigenvalue weighted by Gasteiger charge is 2.15. The van der Waals surface area contributed by atoms with Crippen LogP contribution in [0.1, 0.15) is 20.8 Å². The van der Waals surface area contributed by atoms with Gasteiger partial charge in [0.05, 0.1) is 13.2 Å². The maximum absolute atomic E-state index is 11.2. The molecule has 3 N–H and O–H groups in total. The van der Waals surface area contributed by atoms with E-state index >= 15 is 0 Å². The number of aliphatic hydroxyl groups excluding tert-OH is 1. The van der Waals surface area contributed by atoms with E-state index in [1.807, 2.05) is 0 Å². The number of carbonyl (C=O) groups is 2. The molecule has 0 radical (unpaired) electrons. The first-order valence-electron chi connectivity index (χ1n) is 5.33. The van der Waals surface area contributed by atoms with Crippen LogP contribution in [-0.4, -0.2) is 49.2 Å². The predicted octanol–water partition coefficient (Wildman–Crippen LogP) is 0.230. The molecular formula is C10H20N2O5. The molecule has 0 aromatic carbocycles. The van der Waals surface area contributed by atoms with Crippen molar-refractivity contribution in [2.75, 3.05) is 26.3 Å². The van der Waals surface area contributed by atoms with Crippen molar-refractivity contribution in [2.45, 2.75) is 26.4 Å². The SMILES string of the molecule is CC(C)(C)OC(=O)NCCOC(=O)NCCO. The van der Waals surface area contributed by atoms with E-state index in [9.17, 15) is 9.59 Å². The zero-order valence-corrected chi connectivity index (χ0v) is 10.4. The number of hydrogen-bond acceptors (Lipinski definition) is 5. The molecule has 0 spiro atoms. The van der Waals surface area contributed by atoms with Gasteiger partial charge in [-0.2, -0.15) is 0 Å². The largest absolute Gasteiger partial charge is 0.448 e. The molecule has 0 aromatic heterocycles. The lowest BCUT2D eigenvalue weighted by Gasteiger charge is -2.19. The summed E-state index contributed by atoms with van der Waals surface area (Å²) >= 11 is 0. The fraction of sp³-hybridized carbons (Fsp3) is 0.800. The molecule has 0 heterocycles. The Balaban J connectivity index is 3.51. The van der Waals surface area contributed by atoms with Crippen molar-refractivity contribution in [1.29, 1.82) is 0 Å². The van der Waals surface area contributed by atoms with Crippen LogP contribution in [0.15, 0.2) is 0 Å². The Bertz CT molecular complexity index is 250. The smallest absolute Gasteiger partial charge is 0.407 e. The van der Waals surface area contributed by atoms with Crippen molar-refractivity contribution >= 4 is 12.2 Å². The van der Waals surface area contributed by atoms with Crippen molar-refractivity contribution in [3.63, 3.8) is 0 Å². The normalized spacial score (nSPS) is 10.6. The van der Waals surface area contributed by atoms with E-state index in [1.54, 1.807) is 20.8 Å². The molecule has 2 amide bonds. The van der Waals surface area contributed by atoms with Crippen LogP contribution in [0.5, 0.6) is 0 Å². The van der Waals surface area contributed by atoms with Crippen LogP contribution in [0.3, 0.4) is 0 Å². The van der Waals surface area contributed by atoms with Gasteiger partial charge >= 0.3 is 12.2 Å². The van der Waals surface area contributed by atoms with E-state index in [-0.39, 0.29) is 26.3 Å². The number of nitrogens with one attached hydrogen (secondary N) is 2. The molecule has 7 nitrogen and oxygen atoms in total. The zero-order valence-electron chi connectivity index (χ0n) is 10.4. The van der Waals surface area contributed by atoms with Gasteiger partial charge in [0.1, 0.15) is 12.2 Å². The summed E-state index contributed by atoms with van der Waals surface area (Å²) in [6.45, 7) is 5.46. The number of carbonyl (C=O) groups excluding carboxylic acids is 2. The summed E-state index contributed by atoms with van der Waals surface area (Å²) in [7, 11) is 0. The lowest BCUT2D eigenvalue weighted by atomic mass is 10.2. The fourth-order valence-electron chi connectivity index (χ4n) is 0.820. The van der Waals surface area contributed by atoms with Gasteiger partial charge in [-0.1, -0.05) is 0 Å². The van der Waals surface area contributed by atoms with Gasteiger partial charge in [-0.25, -0.2) is 9.59 Å². The number of hydrogen-bond donors (Lipinski definition) is 3. The minimum absolute atomic E-state index is 0.0382. The second kappa shape index (κ2) is 7.72. The Morgan fingerprint density at radius 1 is 1.12 bits per heavy atom. The van der Waals surface area contributed by atoms with Gasteiger partial charge in [0.2, 0.25) is 0 Å². The Kier molecular flexibility index (Phi) is 7.04. The molecule has 100 valence electrons. The average Bonchev–Trinajstić information content (AvgIpc) is 2.19. The minimum Gasteiger partial charge on any atom is -0.448 e. The van der Waals surface area contributed by atoms with Gasteiger partial charge in [0, 0.05) is 6.54 Å². The number of aliphatic hydroxyl groups is 1. The van der Waals surface area contributed by atoms with Gasteiger partial charge < -0.3 is 25.2 Å². The Labute approximate surface area is 100 Å². The maximum atomic E-state index is 11.2. The molecule has 0 aliphatic heterocycles. The quantitative estimate of drug-likeness (QED) is 0.605. The molecule has 0 aliphatic rings. The van der Waals surface area contributed by atoms with Crippen molar-refractivity contribution in [2.24, 2.45) is 0 Å². The molecule has 0 aliphatic carbocycles. The molecule has 0 rings (SSSR count). The van der Waals surface area contributed by atoms with Crippen LogP contribution in [0, 0.1) is 0 Å². The van der Waals surface area contributed by atoms with Crippen molar-refractivity contribution in [3.05, 3.63) is 0 Å². The topological polar surface area (TPSA) is 96.9 Å². The van der Waals surface area contributed by atoms with Gasteiger partial charge in [-0.15, -0.1) is 0 Å². The maximum Gasteiger partial charge on any atom is 0.407 e. The second-order valence-electron chi connectivity index (χ2n) is 4.21. The molecule has 7 heteroatoms. The third kappa shape index (κ3) is 10.8. The summed E-state index contributed by atoms with van der Waals surface area (Å²) in [5.41, 5.74) is -0.552. The highest BCUT2D eigenvalue weighted by atomic mass is 16.6. The van der Waals surface area contributed by atoms with Crippen LogP contribution in [0.25, 0.3) is 0 Å². The summed E-state index contributed by atoms with van der Waals surface area (Å²) in [6, 6.07) is 0. The predicted molar refractivity (Wildman–Crippen MR) is 60.7 cm³/mol. The molecule has 0 aromatic rings. The lowest BCUT2D eigenvalue weighted by molar-refractivity contribution is 0.0511. The lowest BCUT2D eigenvalue weighted by Crippen LogP contribution is -2.35. The Hall–Kier alpha value is -1.50. The van der Waals surface area contributed by atoms with Gasteiger partial charge in [0.15, 0.2) is 0 Å². The standard InChI is InChI=1S/C10H20N2O5/c1-10(2,3)17-9(15)12-5-7-16-8(14)11-4-6-13/h13H,4-7H2,1-3H3,(H,11,14)(H,12,15). The van der Waals surface area contributed by atoms with Gasteiger partial charge in [-0.3, -0.25) is 0 Å². The van der Waals surface area contributed by atoms with Crippen molar-refractivity contribution < 1.29 is 24.2 Å². The van der Waals surface area contributed by atoms with E-state index in [4.69, 9.17) is 14.6 Å². The molecule has 0 saturated carbocycles. The fourth-order valence-corrected chi connectivity index (χ4v) is 0.820. The van der Waals surface area contributed by atoms with Gasteiger partial charge in [0.25, 0.3) is 0 Å². The van der Waals surface area contributed by atoms with Crippen LogP contribution in [0.2, 0.25) is 0 Å². The molecule has 0 bridgehead atoms. The van der Waals surface area contributed by atoms with E-state index in [1.165, 1.54) is 0 Å². The molecular weight excluding hydrogens is 228 g/mol. The molecule has 0 fully saturated rings. The van der Waals surface area contributed by atoms with E-state index < -0.39 is 17.8 Å². The van der Waals surface area contributed by atoms with E-state index in [2.05, 4.69) is 10.6 Å². The van der Waals surface area contributed by atoms with E-state index in [0.29, 0.717) is 0 Å². The zero-order chi connectivity index (χ0) is 13.3. The number of rotatable bonds is 5. The Morgan fingerprint density at radius 2 is 1.71 bits per heavy atom. The highest BCUT2D eigenvalue weighted by molar-refractivity contribution is 5.68. The summed E-state index contributed by atoms with van der Waals surface area (Å²) < 4.78 is 9.66. The third-order valence-corrected chi connectivity index (χ3v) is 1.38. The summed E-state index contributed by atoms with van der Waals surface area (Å²) in [4.78, 5) is 22.0. The van der Waals surface area contributed by atoms with Crippen LogP contribution in [-0.2, 0) is 9.47 Å². The summed E-state index contributed by atoms with van der Waals surface area (Å²) in [5, 5.41) is 13.2. The Morgan fingerprint density at radius 3 is 2.24 bits per heavy atom. The third-order valence-electron chi connectivity index (χ3n) is 1.38. The summed E-state index contributed by atoms with van der Waals surface area (Å²) in [6.07, 6.45) is -1.19. The first kappa shape index (κ1) is 15.5. The number of amides is 2. The first-order valence-corrected chi connectivity index (χ1v) is 5.33. The number of alkyl carbamates (subject to hydrolysis) is 2. The van der Waals surface area contributed by atoms with Crippen LogP contribution in [0.4, 0.5) is 9.59 Å². The monoisotopic (exact) mass is 248 g/mol. The molecule has 0 unspecified atom stereocenters. The second-order valence-corrected chi connectivity index (χ2v) is 4.21. The van der Waals surface area contributed by atoms with Crippen molar-refractivity contribution in [1.82, 2.24) is 10.6 Å². The van der Waals surface area contributed by atoms with E-state index in [0.717, 1.165) is 0 Å². The van der Waals surface area contributed by atoms with Crippen LogP contribution < -0.4 is 10.6 Å².